The number of anilines is 1. The molecule has 0 aliphatic heterocycles. The van der Waals surface area contributed by atoms with Gasteiger partial charge in [0.15, 0.2) is 0 Å². The zero-order valence-electron chi connectivity index (χ0n) is 9.65. The zero-order valence-corrected chi connectivity index (χ0v) is 9.65. The molecule has 0 spiro atoms. The normalized spacial score (nSPS) is 15.2. The second-order valence-corrected chi connectivity index (χ2v) is 4.47. The third kappa shape index (κ3) is 1.60. The lowest BCUT2D eigenvalue weighted by atomic mass is 10.1. The van der Waals surface area contributed by atoms with E-state index in [9.17, 15) is 4.39 Å². The first-order valence-corrected chi connectivity index (χ1v) is 5.77. The average Bonchev–Trinajstić information content (AvgIpc) is 3.07. The van der Waals surface area contributed by atoms with Gasteiger partial charge in [-0.15, -0.1) is 0 Å². The van der Waals surface area contributed by atoms with E-state index in [-0.39, 0.29) is 5.82 Å². The van der Waals surface area contributed by atoms with Gasteiger partial charge in [0.2, 0.25) is 0 Å². The van der Waals surface area contributed by atoms with Crippen LogP contribution in [-0.4, -0.2) is 9.55 Å². The molecule has 0 atom stereocenters. The van der Waals surface area contributed by atoms with E-state index < -0.39 is 0 Å². The van der Waals surface area contributed by atoms with Crippen molar-refractivity contribution < 1.29 is 4.39 Å². The van der Waals surface area contributed by atoms with Crippen molar-refractivity contribution in [3.63, 3.8) is 0 Å². The lowest BCUT2D eigenvalue weighted by molar-refractivity contribution is 0.631. The number of nitrogens with zero attached hydrogens (tertiary/aromatic N) is 2. The van der Waals surface area contributed by atoms with Crippen LogP contribution in [-0.2, 0) is 0 Å². The van der Waals surface area contributed by atoms with Gasteiger partial charge in [0, 0.05) is 11.6 Å². The Kier molecular flexibility index (Phi) is 2.18. The van der Waals surface area contributed by atoms with Gasteiger partial charge in [0.05, 0.1) is 0 Å². The third-order valence-corrected chi connectivity index (χ3v) is 3.17. The molecule has 1 aromatic heterocycles. The molecule has 1 aromatic carbocycles. The molecule has 2 N–H and O–H groups in total. The highest BCUT2D eigenvalue weighted by atomic mass is 19.1. The molecule has 17 heavy (non-hydrogen) atoms. The quantitative estimate of drug-likeness (QED) is 0.863. The molecule has 1 fully saturated rings. The Morgan fingerprint density at radius 2 is 2.06 bits per heavy atom. The number of aryl methyl sites for hydroxylation is 1. The first-order chi connectivity index (χ1) is 8.18. The zero-order chi connectivity index (χ0) is 12.0. The number of halogens is 1. The van der Waals surface area contributed by atoms with Gasteiger partial charge in [-0.3, -0.25) is 0 Å². The molecule has 2 aromatic rings. The average molecular weight is 231 g/mol. The van der Waals surface area contributed by atoms with E-state index in [1.54, 1.807) is 18.2 Å². The van der Waals surface area contributed by atoms with Gasteiger partial charge in [-0.2, -0.15) is 0 Å². The van der Waals surface area contributed by atoms with Gasteiger partial charge in [-0.1, -0.05) is 12.1 Å². The van der Waals surface area contributed by atoms with Gasteiger partial charge in [0.1, 0.15) is 23.2 Å². The summed E-state index contributed by atoms with van der Waals surface area (Å²) >= 11 is 0. The topological polar surface area (TPSA) is 43.8 Å². The smallest absolute Gasteiger partial charge is 0.132 e. The highest BCUT2D eigenvalue weighted by Crippen LogP contribution is 2.40. The molecule has 1 saturated carbocycles. The largest absolute Gasteiger partial charge is 0.383 e. The van der Waals surface area contributed by atoms with Gasteiger partial charge < -0.3 is 10.3 Å². The minimum absolute atomic E-state index is 0.278. The van der Waals surface area contributed by atoms with E-state index in [1.165, 1.54) is 6.07 Å². The van der Waals surface area contributed by atoms with E-state index in [4.69, 9.17) is 5.73 Å². The number of nitrogen functional groups attached to an aromatic ring is 1. The first kappa shape index (κ1) is 10.3. The predicted octanol–water partition coefficient (Wildman–Crippen LogP) is 2.91. The molecule has 3 rings (SSSR count). The highest BCUT2D eigenvalue weighted by Gasteiger charge is 2.29. The molecule has 1 aliphatic rings. The SMILES string of the molecule is Cc1nc(-c2ccccc2F)c(N)n1C1CC1. The van der Waals surface area contributed by atoms with Crippen molar-refractivity contribution in [1.82, 2.24) is 9.55 Å². The van der Waals surface area contributed by atoms with Crippen LogP contribution in [0.15, 0.2) is 24.3 Å². The van der Waals surface area contributed by atoms with Crippen LogP contribution in [0.1, 0.15) is 24.7 Å². The molecule has 0 radical (unpaired) electrons. The van der Waals surface area contributed by atoms with Crippen LogP contribution < -0.4 is 5.73 Å². The van der Waals surface area contributed by atoms with Crippen molar-refractivity contribution in [3.8, 4) is 11.3 Å². The lowest BCUT2D eigenvalue weighted by Crippen LogP contribution is -2.02. The number of hydrogen-bond acceptors (Lipinski definition) is 2. The summed E-state index contributed by atoms with van der Waals surface area (Å²) in [6.07, 6.45) is 2.27. The fraction of sp³-hybridized carbons (Fsp3) is 0.308. The number of nitrogens with two attached hydrogens (primary N) is 1. The van der Waals surface area contributed by atoms with Crippen LogP contribution in [0.3, 0.4) is 0 Å². The highest BCUT2D eigenvalue weighted by molar-refractivity contribution is 5.71. The predicted molar refractivity (Wildman–Crippen MR) is 65.0 cm³/mol. The van der Waals surface area contributed by atoms with Crippen LogP contribution in [0.25, 0.3) is 11.3 Å². The van der Waals surface area contributed by atoms with Crippen LogP contribution in [0.2, 0.25) is 0 Å². The Labute approximate surface area is 99.1 Å². The van der Waals surface area contributed by atoms with Gasteiger partial charge >= 0.3 is 0 Å². The van der Waals surface area contributed by atoms with E-state index in [0.29, 0.717) is 23.1 Å². The number of imidazole rings is 1. The lowest BCUT2D eigenvalue weighted by Gasteiger charge is -2.05. The summed E-state index contributed by atoms with van der Waals surface area (Å²) < 4.78 is 15.7. The van der Waals surface area contributed by atoms with E-state index in [0.717, 1.165) is 18.7 Å². The monoisotopic (exact) mass is 231 g/mol. The maximum absolute atomic E-state index is 13.7. The number of rotatable bonds is 2. The molecule has 0 unspecified atom stereocenters. The summed E-state index contributed by atoms with van der Waals surface area (Å²) in [6, 6.07) is 7.07. The number of aromatic nitrogens is 2. The first-order valence-electron chi connectivity index (χ1n) is 5.77. The fourth-order valence-electron chi connectivity index (χ4n) is 2.21. The van der Waals surface area contributed by atoms with Crippen molar-refractivity contribution in [2.75, 3.05) is 5.73 Å². The van der Waals surface area contributed by atoms with E-state index >= 15 is 0 Å². The molecule has 88 valence electrons. The van der Waals surface area contributed by atoms with Crippen molar-refractivity contribution in [2.45, 2.75) is 25.8 Å². The summed E-state index contributed by atoms with van der Waals surface area (Å²) in [4.78, 5) is 4.40. The van der Waals surface area contributed by atoms with E-state index in [1.807, 2.05) is 11.5 Å². The van der Waals surface area contributed by atoms with Gasteiger partial charge in [-0.05, 0) is 31.9 Å². The van der Waals surface area contributed by atoms with Crippen LogP contribution in [0.4, 0.5) is 10.2 Å². The summed E-state index contributed by atoms with van der Waals surface area (Å²) in [5, 5.41) is 0. The van der Waals surface area contributed by atoms with Crippen molar-refractivity contribution in [1.29, 1.82) is 0 Å². The summed E-state index contributed by atoms with van der Waals surface area (Å²) in [5.41, 5.74) is 7.12. The Morgan fingerprint density at radius 1 is 1.35 bits per heavy atom. The maximum atomic E-state index is 13.7. The Bertz CT molecular complexity index is 570. The van der Waals surface area contributed by atoms with Crippen LogP contribution >= 0.6 is 0 Å². The molecule has 0 amide bonds. The van der Waals surface area contributed by atoms with Gasteiger partial charge in [-0.25, -0.2) is 9.37 Å². The molecular formula is C13H14FN3. The molecule has 3 nitrogen and oxygen atoms in total. The summed E-state index contributed by atoms with van der Waals surface area (Å²) in [5.74, 6) is 1.16. The molecule has 1 aliphatic carbocycles. The maximum Gasteiger partial charge on any atom is 0.132 e. The van der Waals surface area contributed by atoms with Crippen molar-refractivity contribution in [2.24, 2.45) is 0 Å². The summed E-state index contributed by atoms with van der Waals surface area (Å²) in [6.45, 7) is 1.92. The van der Waals surface area contributed by atoms with Crippen LogP contribution in [0.5, 0.6) is 0 Å². The molecule has 0 saturated heterocycles. The fourth-order valence-corrected chi connectivity index (χ4v) is 2.21. The number of benzene rings is 1. The Morgan fingerprint density at radius 3 is 2.71 bits per heavy atom. The molecule has 0 bridgehead atoms. The van der Waals surface area contributed by atoms with Crippen molar-refractivity contribution >= 4 is 5.82 Å². The molecule has 1 heterocycles. The minimum Gasteiger partial charge on any atom is -0.383 e. The summed E-state index contributed by atoms with van der Waals surface area (Å²) in [7, 11) is 0. The second-order valence-electron chi connectivity index (χ2n) is 4.47. The van der Waals surface area contributed by atoms with Gasteiger partial charge in [0.25, 0.3) is 0 Å². The molecule has 4 heteroatoms. The standard InChI is InChI=1S/C13H14FN3/c1-8-16-12(10-4-2-3-5-11(10)14)13(15)17(8)9-6-7-9/h2-5,9H,6-7,15H2,1H3. The minimum atomic E-state index is -0.278. The Hall–Kier alpha value is -1.84. The van der Waals surface area contributed by atoms with Crippen LogP contribution in [0, 0.1) is 12.7 Å². The van der Waals surface area contributed by atoms with Crippen molar-refractivity contribution in [3.05, 3.63) is 35.9 Å². The third-order valence-electron chi connectivity index (χ3n) is 3.17. The Balaban J connectivity index is 2.16. The second kappa shape index (κ2) is 3.58. The van der Waals surface area contributed by atoms with E-state index in [2.05, 4.69) is 4.98 Å². The number of hydrogen-bond donors (Lipinski definition) is 1. The molecular weight excluding hydrogens is 217 g/mol.